The van der Waals surface area contributed by atoms with E-state index in [-0.39, 0.29) is 25.6 Å². The third-order valence-electron chi connectivity index (χ3n) is 3.71. The van der Waals surface area contributed by atoms with Crippen molar-refractivity contribution in [2.75, 3.05) is 33.0 Å². The van der Waals surface area contributed by atoms with E-state index >= 15 is 0 Å². The lowest BCUT2D eigenvalue weighted by Crippen LogP contribution is -2.38. The highest BCUT2D eigenvalue weighted by molar-refractivity contribution is 6.03. The van der Waals surface area contributed by atoms with Gasteiger partial charge in [0.25, 0.3) is 0 Å². The van der Waals surface area contributed by atoms with Crippen LogP contribution in [-0.2, 0) is 14.2 Å². The predicted molar refractivity (Wildman–Crippen MR) is 89.3 cm³/mol. The van der Waals surface area contributed by atoms with Crippen LogP contribution >= 0.6 is 0 Å². The third-order valence-corrected chi connectivity index (χ3v) is 3.71. The van der Waals surface area contributed by atoms with Crippen molar-refractivity contribution in [1.82, 2.24) is 0 Å². The van der Waals surface area contributed by atoms with E-state index in [0.29, 0.717) is 30.8 Å². The maximum absolute atomic E-state index is 12.6. The number of esters is 1. The van der Waals surface area contributed by atoms with Crippen molar-refractivity contribution < 1.29 is 28.9 Å². The summed E-state index contributed by atoms with van der Waals surface area (Å²) in [5.41, 5.74) is -0.178. The van der Waals surface area contributed by atoms with Gasteiger partial charge in [-0.25, -0.2) is 4.79 Å². The van der Waals surface area contributed by atoms with Gasteiger partial charge in [0.05, 0.1) is 25.4 Å². The molecule has 6 heteroatoms. The number of ketones is 1. The topological polar surface area (TPSA) is 82.1 Å². The van der Waals surface area contributed by atoms with Gasteiger partial charge >= 0.3 is 5.97 Å². The van der Waals surface area contributed by atoms with Crippen LogP contribution in [0.5, 0.6) is 0 Å². The maximum atomic E-state index is 12.6. The van der Waals surface area contributed by atoms with Gasteiger partial charge in [-0.1, -0.05) is 19.1 Å². The number of hydrogen-bond acceptors (Lipinski definition) is 6. The Hall–Kier alpha value is -1.76. The Bertz CT molecular complexity index is 525. The number of carbonyl (C=O) groups excluding carboxylic acids is 2. The number of ether oxygens (including phenoxy) is 3. The lowest BCUT2D eigenvalue weighted by molar-refractivity contribution is -0.0294. The summed E-state index contributed by atoms with van der Waals surface area (Å²) in [4.78, 5) is 24.5. The molecule has 1 rings (SSSR count). The predicted octanol–water partition coefficient (Wildman–Crippen LogP) is 2.24. The molecule has 1 aromatic carbocycles. The van der Waals surface area contributed by atoms with Crippen molar-refractivity contribution in [1.29, 1.82) is 0 Å². The minimum atomic E-state index is -0.998. The molecule has 0 aromatic heterocycles. The van der Waals surface area contributed by atoms with Crippen LogP contribution in [0.2, 0.25) is 0 Å². The van der Waals surface area contributed by atoms with E-state index in [1.165, 1.54) is 0 Å². The molecule has 0 amide bonds. The Morgan fingerprint density at radius 1 is 1.04 bits per heavy atom. The van der Waals surface area contributed by atoms with Crippen molar-refractivity contribution in [3.63, 3.8) is 0 Å². The van der Waals surface area contributed by atoms with Gasteiger partial charge in [-0.15, -0.1) is 0 Å². The van der Waals surface area contributed by atoms with E-state index in [9.17, 15) is 9.59 Å². The van der Waals surface area contributed by atoms with Crippen LogP contribution in [0.1, 0.15) is 47.9 Å². The molecule has 0 saturated carbocycles. The fraction of sp³-hybridized carbons (Fsp3) is 0.556. The van der Waals surface area contributed by atoms with E-state index in [1.807, 2.05) is 13.8 Å². The monoisotopic (exact) mass is 338 g/mol. The maximum Gasteiger partial charge on any atom is 0.338 e. The molecule has 1 aromatic rings. The summed E-state index contributed by atoms with van der Waals surface area (Å²) in [6, 6.07) is 6.27. The molecule has 134 valence electrons. The molecule has 24 heavy (non-hydrogen) atoms. The Kier molecular flexibility index (Phi) is 8.60. The minimum absolute atomic E-state index is 0.0975. The summed E-state index contributed by atoms with van der Waals surface area (Å²) in [6.45, 7) is 6.48. The number of benzene rings is 1. The van der Waals surface area contributed by atoms with Crippen molar-refractivity contribution in [3.05, 3.63) is 35.4 Å². The number of hydrogen-bond donors (Lipinski definition) is 1. The van der Waals surface area contributed by atoms with Crippen molar-refractivity contribution in [2.24, 2.45) is 0 Å². The second-order valence-corrected chi connectivity index (χ2v) is 5.40. The van der Waals surface area contributed by atoms with E-state index < -0.39 is 11.6 Å². The van der Waals surface area contributed by atoms with Crippen LogP contribution in [-0.4, -0.2) is 55.5 Å². The van der Waals surface area contributed by atoms with E-state index in [4.69, 9.17) is 19.3 Å². The first-order valence-electron chi connectivity index (χ1n) is 8.13. The Morgan fingerprint density at radius 2 is 1.67 bits per heavy atom. The molecule has 1 unspecified atom stereocenters. The highest BCUT2D eigenvalue weighted by Crippen LogP contribution is 2.22. The molecule has 0 aliphatic carbocycles. The fourth-order valence-corrected chi connectivity index (χ4v) is 2.08. The SMILES string of the molecule is CCOCCOC(=O)c1ccc(C(=O)C(C)(CC)OCCO)cc1. The summed E-state index contributed by atoms with van der Waals surface area (Å²) in [5.74, 6) is -0.641. The fourth-order valence-electron chi connectivity index (χ4n) is 2.08. The zero-order chi connectivity index (χ0) is 18.0. The van der Waals surface area contributed by atoms with Gasteiger partial charge in [-0.05, 0) is 32.4 Å². The normalized spacial score (nSPS) is 13.3. The molecule has 0 radical (unpaired) electrons. The summed E-state index contributed by atoms with van der Waals surface area (Å²) in [6.07, 6.45) is 0.479. The molecule has 6 nitrogen and oxygen atoms in total. The van der Waals surface area contributed by atoms with Crippen LogP contribution < -0.4 is 0 Å². The highest BCUT2D eigenvalue weighted by atomic mass is 16.6. The van der Waals surface area contributed by atoms with Crippen LogP contribution in [0.4, 0.5) is 0 Å². The average molecular weight is 338 g/mol. The number of carbonyl (C=O) groups is 2. The number of aliphatic hydroxyl groups is 1. The second-order valence-electron chi connectivity index (χ2n) is 5.40. The average Bonchev–Trinajstić information content (AvgIpc) is 2.62. The summed E-state index contributed by atoms with van der Waals surface area (Å²) in [5, 5.41) is 8.88. The Labute approximate surface area is 142 Å². The van der Waals surface area contributed by atoms with Crippen LogP contribution in [0.3, 0.4) is 0 Å². The lowest BCUT2D eigenvalue weighted by Gasteiger charge is -2.27. The highest BCUT2D eigenvalue weighted by Gasteiger charge is 2.33. The number of aliphatic hydroxyl groups excluding tert-OH is 1. The van der Waals surface area contributed by atoms with Crippen LogP contribution in [0.25, 0.3) is 0 Å². The standard InChI is InChI=1S/C18H26O6/c1-4-18(3,24-11-10-19)16(20)14-6-8-15(9-7-14)17(21)23-13-12-22-5-2/h6-9,19H,4-5,10-13H2,1-3H3. The first kappa shape index (κ1) is 20.3. The van der Waals surface area contributed by atoms with Gasteiger partial charge in [0.1, 0.15) is 12.2 Å². The smallest absolute Gasteiger partial charge is 0.338 e. The van der Waals surface area contributed by atoms with Crippen molar-refractivity contribution in [2.45, 2.75) is 32.8 Å². The molecule has 0 bridgehead atoms. The Balaban J connectivity index is 2.72. The largest absolute Gasteiger partial charge is 0.460 e. The quantitative estimate of drug-likeness (QED) is 0.378. The molecule has 0 aliphatic heterocycles. The molecule has 0 aliphatic rings. The van der Waals surface area contributed by atoms with Gasteiger partial charge < -0.3 is 19.3 Å². The van der Waals surface area contributed by atoms with E-state index in [1.54, 1.807) is 31.2 Å². The second kappa shape index (κ2) is 10.2. The first-order chi connectivity index (χ1) is 11.5. The van der Waals surface area contributed by atoms with Gasteiger partial charge in [0.15, 0.2) is 5.78 Å². The molecular formula is C18H26O6. The summed E-state index contributed by atoms with van der Waals surface area (Å²) < 4.78 is 15.7. The summed E-state index contributed by atoms with van der Waals surface area (Å²) >= 11 is 0. The first-order valence-corrected chi connectivity index (χ1v) is 8.13. The molecule has 0 fully saturated rings. The van der Waals surface area contributed by atoms with Gasteiger partial charge in [-0.2, -0.15) is 0 Å². The zero-order valence-corrected chi connectivity index (χ0v) is 14.5. The Morgan fingerprint density at radius 3 is 2.21 bits per heavy atom. The summed E-state index contributed by atoms with van der Waals surface area (Å²) in [7, 11) is 0. The van der Waals surface area contributed by atoms with Crippen LogP contribution in [0, 0.1) is 0 Å². The van der Waals surface area contributed by atoms with Crippen molar-refractivity contribution >= 4 is 11.8 Å². The third kappa shape index (κ3) is 5.70. The van der Waals surface area contributed by atoms with Gasteiger partial charge in [0, 0.05) is 12.2 Å². The number of Topliss-reactive ketones (excluding diaryl/α,β-unsaturated/α-hetero) is 1. The molecule has 1 atom stereocenters. The molecule has 0 heterocycles. The molecular weight excluding hydrogens is 312 g/mol. The molecule has 0 saturated heterocycles. The van der Waals surface area contributed by atoms with Crippen molar-refractivity contribution in [3.8, 4) is 0 Å². The lowest BCUT2D eigenvalue weighted by atomic mass is 9.91. The van der Waals surface area contributed by atoms with E-state index in [0.717, 1.165) is 0 Å². The molecule has 0 spiro atoms. The van der Waals surface area contributed by atoms with Gasteiger partial charge in [-0.3, -0.25) is 4.79 Å². The zero-order valence-electron chi connectivity index (χ0n) is 14.5. The van der Waals surface area contributed by atoms with Gasteiger partial charge in [0.2, 0.25) is 0 Å². The minimum Gasteiger partial charge on any atom is -0.460 e. The molecule has 1 N–H and O–H groups in total. The van der Waals surface area contributed by atoms with Crippen LogP contribution in [0.15, 0.2) is 24.3 Å². The number of rotatable bonds is 11. The van der Waals surface area contributed by atoms with E-state index in [2.05, 4.69) is 0 Å².